The third-order valence-corrected chi connectivity index (χ3v) is 5.35. The Bertz CT molecular complexity index is 986. The summed E-state index contributed by atoms with van der Waals surface area (Å²) in [6, 6.07) is 11.2. The summed E-state index contributed by atoms with van der Waals surface area (Å²) in [5.74, 6) is -1.78. The van der Waals surface area contributed by atoms with Crippen LogP contribution in [-0.2, 0) is 24.3 Å². The highest BCUT2D eigenvalue weighted by molar-refractivity contribution is 7.89. The van der Waals surface area contributed by atoms with E-state index in [1.165, 1.54) is 62.6 Å². The van der Waals surface area contributed by atoms with E-state index in [2.05, 4.69) is 5.32 Å². The van der Waals surface area contributed by atoms with Gasteiger partial charge in [0.15, 0.2) is 6.61 Å². The fourth-order valence-electron chi connectivity index (χ4n) is 2.08. The number of anilines is 1. The first-order valence-corrected chi connectivity index (χ1v) is 9.55. The maximum Gasteiger partial charge on any atom is 0.331 e. The third kappa shape index (κ3) is 6.00. The van der Waals surface area contributed by atoms with Gasteiger partial charge in [0.25, 0.3) is 5.91 Å². The Labute approximate surface area is 162 Å². The number of halogens is 1. The van der Waals surface area contributed by atoms with Gasteiger partial charge in [0.1, 0.15) is 5.82 Å². The molecule has 0 atom stereocenters. The molecule has 28 heavy (non-hydrogen) atoms. The molecule has 9 heteroatoms. The minimum atomic E-state index is -3.56. The Morgan fingerprint density at radius 3 is 2.43 bits per heavy atom. The lowest BCUT2D eigenvalue weighted by molar-refractivity contribution is -0.142. The van der Waals surface area contributed by atoms with Crippen LogP contribution < -0.4 is 5.32 Å². The zero-order valence-electron chi connectivity index (χ0n) is 15.3. The molecule has 0 aromatic heterocycles. The van der Waals surface area contributed by atoms with Gasteiger partial charge >= 0.3 is 5.97 Å². The van der Waals surface area contributed by atoms with Crippen molar-refractivity contribution in [3.63, 3.8) is 0 Å². The van der Waals surface area contributed by atoms with Crippen LogP contribution in [0.3, 0.4) is 0 Å². The molecule has 0 saturated carbocycles. The lowest BCUT2D eigenvalue weighted by atomic mass is 10.2. The van der Waals surface area contributed by atoms with Crippen molar-refractivity contribution in [1.29, 1.82) is 0 Å². The van der Waals surface area contributed by atoms with Crippen LogP contribution in [-0.4, -0.2) is 45.3 Å². The standard InChI is InChI=1S/C19H19FN2O5S/c1-22(2)28(25,26)17-9-7-16(8-10-17)21-18(23)13-27-19(24)11-6-14-4-3-5-15(20)12-14/h3-12H,13H2,1-2H3,(H,21,23)/b11-6+. The highest BCUT2D eigenvalue weighted by Crippen LogP contribution is 2.16. The van der Waals surface area contributed by atoms with Crippen molar-refractivity contribution in [1.82, 2.24) is 4.31 Å². The number of hydrogen-bond donors (Lipinski definition) is 1. The summed E-state index contributed by atoms with van der Waals surface area (Å²) in [5, 5.41) is 2.49. The molecule has 0 spiro atoms. The Morgan fingerprint density at radius 1 is 1.14 bits per heavy atom. The van der Waals surface area contributed by atoms with Crippen molar-refractivity contribution >= 4 is 33.7 Å². The van der Waals surface area contributed by atoms with Crippen molar-refractivity contribution in [2.75, 3.05) is 26.0 Å². The number of nitrogens with one attached hydrogen (secondary N) is 1. The predicted octanol–water partition coefficient (Wildman–Crippen LogP) is 2.27. The fourth-order valence-corrected chi connectivity index (χ4v) is 2.98. The molecular formula is C19H19FN2O5S. The number of nitrogens with zero attached hydrogens (tertiary/aromatic N) is 1. The van der Waals surface area contributed by atoms with Gasteiger partial charge in [0.2, 0.25) is 10.0 Å². The van der Waals surface area contributed by atoms with Gasteiger partial charge in [-0.25, -0.2) is 21.9 Å². The van der Waals surface area contributed by atoms with E-state index in [4.69, 9.17) is 4.74 Å². The first-order valence-electron chi connectivity index (χ1n) is 8.11. The van der Waals surface area contributed by atoms with Crippen LogP contribution >= 0.6 is 0 Å². The van der Waals surface area contributed by atoms with Crippen molar-refractivity contribution in [3.05, 3.63) is 66.0 Å². The highest BCUT2D eigenvalue weighted by Gasteiger charge is 2.16. The van der Waals surface area contributed by atoms with Crippen molar-refractivity contribution in [2.45, 2.75) is 4.90 Å². The zero-order chi connectivity index (χ0) is 20.7. The first-order chi connectivity index (χ1) is 13.2. The summed E-state index contributed by atoms with van der Waals surface area (Å²) in [6.07, 6.45) is 2.45. The molecule has 0 saturated heterocycles. The van der Waals surface area contributed by atoms with Crippen LogP contribution in [0.2, 0.25) is 0 Å². The topological polar surface area (TPSA) is 92.8 Å². The lowest BCUT2D eigenvalue weighted by Gasteiger charge is -2.12. The first kappa shape index (κ1) is 21.3. The summed E-state index contributed by atoms with van der Waals surface area (Å²) < 4.78 is 42.9. The Balaban J connectivity index is 1.86. The number of ether oxygens (including phenoxy) is 1. The summed E-state index contributed by atoms with van der Waals surface area (Å²) in [6.45, 7) is -0.524. The van der Waals surface area contributed by atoms with Gasteiger partial charge in [0.05, 0.1) is 4.90 Å². The van der Waals surface area contributed by atoms with Crippen LogP contribution in [0, 0.1) is 5.82 Å². The SMILES string of the molecule is CN(C)S(=O)(=O)c1ccc(NC(=O)COC(=O)/C=C/c2cccc(F)c2)cc1. The monoisotopic (exact) mass is 406 g/mol. The van der Waals surface area contributed by atoms with E-state index in [0.29, 0.717) is 11.3 Å². The quantitative estimate of drug-likeness (QED) is 0.563. The van der Waals surface area contributed by atoms with Gasteiger partial charge in [-0.05, 0) is 48.0 Å². The molecule has 0 bridgehead atoms. The third-order valence-electron chi connectivity index (χ3n) is 3.52. The number of carbonyl (C=O) groups is 2. The van der Waals surface area contributed by atoms with E-state index in [1.54, 1.807) is 6.07 Å². The van der Waals surface area contributed by atoms with Crippen molar-refractivity contribution in [3.8, 4) is 0 Å². The minimum absolute atomic E-state index is 0.0874. The van der Waals surface area contributed by atoms with E-state index >= 15 is 0 Å². The van der Waals surface area contributed by atoms with E-state index in [9.17, 15) is 22.4 Å². The molecule has 7 nitrogen and oxygen atoms in total. The average Bonchev–Trinajstić information content (AvgIpc) is 2.65. The molecule has 0 fully saturated rings. The molecule has 0 aliphatic heterocycles. The predicted molar refractivity (Wildman–Crippen MR) is 102 cm³/mol. The second kappa shape index (κ2) is 9.25. The summed E-state index contributed by atoms with van der Waals surface area (Å²) >= 11 is 0. The second-order valence-electron chi connectivity index (χ2n) is 5.86. The number of amides is 1. The number of carbonyl (C=O) groups excluding carboxylic acids is 2. The molecule has 1 N–H and O–H groups in total. The van der Waals surface area contributed by atoms with Crippen LogP contribution in [0.1, 0.15) is 5.56 Å². The largest absolute Gasteiger partial charge is 0.452 e. The Kier molecular flexibility index (Phi) is 7.02. The molecular weight excluding hydrogens is 387 g/mol. The van der Waals surface area contributed by atoms with Crippen LogP contribution in [0.15, 0.2) is 59.5 Å². The average molecular weight is 406 g/mol. The minimum Gasteiger partial charge on any atom is -0.452 e. The maximum absolute atomic E-state index is 13.0. The van der Waals surface area contributed by atoms with E-state index in [-0.39, 0.29) is 4.90 Å². The molecule has 2 rings (SSSR count). The zero-order valence-corrected chi connectivity index (χ0v) is 16.1. The lowest BCUT2D eigenvalue weighted by Crippen LogP contribution is -2.22. The smallest absolute Gasteiger partial charge is 0.331 e. The van der Waals surface area contributed by atoms with E-state index in [1.807, 2.05) is 0 Å². The van der Waals surface area contributed by atoms with Crippen LogP contribution in [0.4, 0.5) is 10.1 Å². The van der Waals surface area contributed by atoms with Gasteiger partial charge in [-0.15, -0.1) is 0 Å². The van der Waals surface area contributed by atoms with E-state index < -0.39 is 34.3 Å². The molecule has 148 valence electrons. The number of sulfonamides is 1. The van der Waals surface area contributed by atoms with Gasteiger partial charge in [-0.2, -0.15) is 0 Å². The molecule has 0 unspecified atom stereocenters. The number of esters is 1. The van der Waals surface area contributed by atoms with Crippen LogP contribution in [0.25, 0.3) is 6.08 Å². The molecule has 1 amide bonds. The molecule has 0 radical (unpaired) electrons. The normalized spacial score (nSPS) is 11.6. The maximum atomic E-state index is 13.0. The molecule has 2 aromatic carbocycles. The molecule has 0 aliphatic carbocycles. The Morgan fingerprint density at radius 2 is 1.82 bits per heavy atom. The number of rotatable bonds is 7. The van der Waals surface area contributed by atoms with Gasteiger partial charge < -0.3 is 10.1 Å². The summed E-state index contributed by atoms with van der Waals surface area (Å²) in [5.41, 5.74) is 0.836. The fraction of sp³-hybridized carbons (Fsp3) is 0.158. The van der Waals surface area contributed by atoms with Crippen molar-refractivity contribution < 1.29 is 27.1 Å². The van der Waals surface area contributed by atoms with Crippen LogP contribution in [0.5, 0.6) is 0 Å². The van der Waals surface area contributed by atoms with Gasteiger partial charge in [0, 0.05) is 25.9 Å². The molecule has 0 heterocycles. The van der Waals surface area contributed by atoms with Gasteiger partial charge in [-0.1, -0.05) is 12.1 Å². The van der Waals surface area contributed by atoms with E-state index in [0.717, 1.165) is 10.4 Å². The number of hydrogen-bond acceptors (Lipinski definition) is 5. The second-order valence-corrected chi connectivity index (χ2v) is 8.01. The van der Waals surface area contributed by atoms with Crippen molar-refractivity contribution in [2.24, 2.45) is 0 Å². The molecule has 2 aromatic rings. The molecule has 0 aliphatic rings. The Hall–Kier alpha value is -3.04. The highest BCUT2D eigenvalue weighted by atomic mass is 32.2. The summed E-state index contributed by atoms with van der Waals surface area (Å²) in [4.78, 5) is 23.5. The van der Waals surface area contributed by atoms with Gasteiger partial charge in [-0.3, -0.25) is 4.79 Å². The summed E-state index contributed by atoms with van der Waals surface area (Å²) in [7, 11) is -0.718. The number of benzene rings is 2.